The number of aromatic nitrogens is 1. The van der Waals surface area contributed by atoms with Crippen LogP contribution in [-0.2, 0) is 6.54 Å². The van der Waals surface area contributed by atoms with E-state index in [1.54, 1.807) is 11.3 Å². The fourth-order valence-corrected chi connectivity index (χ4v) is 1.26. The molecule has 1 aromatic heterocycles. The monoisotopic (exact) mass is 140 g/mol. The van der Waals surface area contributed by atoms with Gasteiger partial charge in [0, 0.05) is 0 Å². The summed E-state index contributed by atoms with van der Waals surface area (Å²) in [7, 11) is 0. The molecule has 0 fully saturated rings. The summed E-state index contributed by atoms with van der Waals surface area (Å²) in [5.74, 6) is 0. The lowest BCUT2D eigenvalue weighted by molar-refractivity contribution is -0.684. The van der Waals surface area contributed by atoms with Crippen molar-refractivity contribution in [2.24, 2.45) is 0 Å². The summed E-state index contributed by atoms with van der Waals surface area (Å²) in [6.07, 6.45) is 2.05. The van der Waals surface area contributed by atoms with Crippen molar-refractivity contribution in [2.45, 2.75) is 13.5 Å². The molecule has 0 bridgehead atoms. The zero-order chi connectivity index (χ0) is 6.69. The molecule has 0 aliphatic carbocycles. The van der Waals surface area contributed by atoms with E-state index in [2.05, 4.69) is 28.2 Å². The SMILES string of the molecule is C=C(C)C[n+]1ccsc1. The van der Waals surface area contributed by atoms with Crippen molar-refractivity contribution in [3.8, 4) is 0 Å². The molecule has 0 N–H and O–H groups in total. The predicted octanol–water partition coefficient (Wildman–Crippen LogP) is 1.61. The Hall–Kier alpha value is -0.630. The predicted molar refractivity (Wildman–Crippen MR) is 39.3 cm³/mol. The molecule has 0 spiro atoms. The van der Waals surface area contributed by atoms with Gasteiger partial charge in [-0.25, -0.2) is 0 Å². The van der Waals surface area contributed by atoms with E-state index in [-0.39, 0.29) is 0 Å². The average molecular weight is 140 g/mol. The summed E-state index contributed by atoms with van der Waals surface area (Å²) < 4.78 is 2.12. The van der Waals surface area contributed by atoms with Crippen LogP contribution in [0.15, 0.2) is 29.2 Å². The summed E-state index contributed by atoms with van der Waals surface area (Å²) >= 11 is 1.70. The van der Waals surface area contributed by atoms with E-state index >= 15 is 0 Å². The standard InChI is InChI=1S/C7H10NS/c1-7(2)5-8-3-4-9-6-8/h3-4,6H,1,5H2,2H3/q+1. The first-order valence-electron chi connectivity index (χ1n) is 2.84. The van der Waals surface area contributed by atoms with Crippen molar-refractivity contribution in [3.05, 3.63) is 29.2 Å². The molecule has 1 nitrogen and oxygen atoms in total. The molecule has 0 aliphatic rings. The van der Waals surface area contributed by atoms with Crippen LogP contribution in [0.4, 0.5) is 0 Å². The molecule has 48 valence electrons. The second kappa shape index (κ2) is 2.78. The van der Waals surface area contributed by atoms with Gasteiger partial charge >= 0.3 is 0 Å². The highest BCUT2D eigenvalue weighted by Crippen LogP contribution is 1.90. The zero-order valence-corrected chi connectivity index (χ0v) is 6.32. The van der Waals surface area contributed by atoms with E-state index in [4.69, 9.17) is 0 Å². The fraction of sp³-hybridized carbons (Fsp3) is 0.286. The summed E-state index contributed by atoms with van der Waals surface area (Å²) in [6.45, 7) is 6.79. The van der Waals surface area contributed by atoms with Gasteiger partial charge in [-0.05, 0) is 12.5 Å². The molecule has 2 heteroatoms. The third-order valence-electron chi connectivity index (χ3n) is 0.980. The van der Waals surface area contributed by atoms with E-state index in [1.165, 1.54) is 5.57 Å². The van der Waals surface area contributed by atoms with Gasteiger partial charge in [0.15, 0.2) is 12.7 Å². The molecule has 9 heavy (non-hydrogen) atoms. The minimum Gasteiger partial charge on any atom is -0.191 e. The van der Waals surface area contributed by atoms with Gasteiger partial charge in [-0.2, -0.15) is 4.57 Å². The van der Waals surface area contributed by atoms with Gasteiger partial charge < -0.3 is 0 Å². The van der Waals surface area contributed by atoms with Gasteiger partial charge in [0.05, 0.1) is 5.38 Å². The maximum Gasteiger partial charge on any atom is 0.224 e. The average Bonchev–Trinajstić information content (AvgIpc) is 2.15. The quantitative estimate of drug-likeness (QED) is 0.434. The minimum absolute atomic E-state index is 0.948. The molecular formula is C7H10NS+. The summed E-state index contributed by atoms with van der Waals surface area (Å²) in [4.78, 5) is 0. The van der Waals surface area contributed by atoms with Gasteiger partial charge in [0.2, 0.25) is 5.51 Å². The van der Waals surface area contributed by atoms with Crippen LogP contribution in [0.2, 0.25) is 0 Å². The molecule has 0 atom stereocenters. The Balaban J connectivity index is 2.58. The highest BCUT2D eigenvalue weighted by molar-refractivity contribution is 7.07. The molecule has 0 amide bonds. The lowest BCUT2D eigenvalue weighted by atomic mass is 10.3. The summed E-state index contributed by atoms with van der Waals surface area (Å²) in [5, 5.41) is 2.06. The number of nitrogens with zero attached hydrogens (tertiary/aromatic N) is 1. The molecule has 1 rings (SSSR count). The molecule has 0 saturated heterocycles. The second-order valence-corrected chi connectivity index (χ2v) is 2.91. The van der Waals surface area contributed by atoms with Crippen molar-refractivity contribution >= 4 is 11.3 Å². The first-order chi connectivity index (χ1) is 4.29. The number of allylic oxidation sites excluding steroid dienone is 1. The van der Waals surface area contributed by atoms with Gasteiger partial charge in [-0.3, -0.25) is 0 Å². The van der Waals surface area contributed by atoms with Crippen LogP contribution in [0.25, 0.3) is 0 Å². The van der Waals surface area contributed by atoms with E-state index in [0.29, 0.717) is 0 Å². The zero-order valence-electron chi connectivity index (χ0n) is 5.50. The number of hydrogen-bond acceptors (Lipinski definition) is 1. The largest absolute Gasteiger partial charge is 0.224 e. The van der Waals surface area contributed by atoms with Crippen molar-refractivity contribution in [1.29, 1.82) is 0 Å². The Kier molecular flexibility index (Phi) is 2.01. The lowest BCUT2D eigenvalue weighted by Gasteiger charge is -1.87. The number of hydrogen-bond donors (Lipinski definition) is 0. The van der Waals surface area contributed by atoms with Crippen LogP contribution in [0.1, 0.15) is 6.92 Å². The Morgan fingerprint density at radius 1 is 1.78 bits per heavy atom. The van der Waals surface area contributed by atoms with E-state index in [0.717, 1.165) is 6.54 Å². The van der Waals surface area contributed by atoms with Crippen molar-refractivity contribution in [2.75, 3.05) is 0 Å². The smallest absolute Gasteiger partial charge is 0.191 e. The Morgan fingerprint density at radius 2 is 2.56 bits per heavy atom. The third-order valence-corrected chi connectivity index (χ3v) is 1.65. The number of thiazole rings is 1. The molecule has 0 aromatic carbocycles. The second-order valence-electron chi connectivity index (χ2n) is 2.16. The molecule has 0 unspecified atom stereocenters. The van der Waals surface area contributed by atoms with Gasteiger partial charge in [-0.15, -0.1) is 0 Å². The van der Waals surface area contributed by atoms with Gasteiger partial charge in [-0.1, -0.05) is 17.9 Å². The summed E-state index contributed by atoms with van der Waals surface area (Å²) in [6, 6.07) is 0. The fourth-order valence-electron chi connectivity index (χ4n) is 0.663. The first kappa shape index (κ1) is 6.49. The van der Waals surface area contributed by atoms with E-state index in [1.807, 2.05) is 6.92 Å². The Bertz CT molecular complexity index is 189. The normalized spacial score (nSPS) is 9.44. The van der Waals surface area contributed by atoms with Crippen LogP contribution in [0, 0.1) is 0 Å². The Morgan fingerprint density at radius 3 is 3.00 bits per heavy atom. The van der Waals surface area contributed by atoms with Crippen LogP contribution in [0.5, 0.6) is 0 Å². The third kappa shape index (κ3) is 1.98. The Labute approximate surface area is 59.3 Å². The first-order valence-corrected chi connectivity index (χ1v) is 3.79. The topological polar surface area (TPSA) is 3.88 Å². The molecule has 0 saturated carbocycles. The molecule has 0 radical (unpaired) electrons. The van der Waals surface area contributed by atoms with Crippen LogP contribution < -0.4 is 4.57 Å². The van der Waals surface area contributed by atoms with E-state index < -0.39 is 0 Å². The molecular weight excluding hydrogens is 130 g/mol. The van der Waals surface area contributed by atoms with Crippen molar-refractivity contribution in [1.82, 2.24) is 0 Å². The molecule has 0 aliphatic heterocycles. The van der Waals surface area contributed by atoms with Crippen LogP contribution >= 0.6 is 11.3 Å². The van der Waals surface area contributed by atoms with Crippen LogP contribution in [-0.4, -0.2) is 0 Å². The summed E-state index contributed by atoms with van der Waals surface area (Å²) in [5.41, 5.74) is 3.27. The molecule has 1 aromatic rings. The highest BCUT2D eigenvalue weighted by atomic mass is 32.1. The van der Waals surface area contributed by atoms with Crippen molar-refractivity contribution < 1.29 is 4.57 Å². The maximum absolute atomic E-state index is 3.81. The maximum atomic E-state index is 3.81. The minimum atomic E-state index is 0.948. The molecule has 1 heterocycles. The van der Waals surface area contributed by atoms with E-state index in [9.17, 15) is 0 Å². The highest BCUT2D eigenvalue weighted by Gasteiger charge is 1.97. The van der Waals surface area contributed by atoms with Crippen LogP contribution in [0.3, 0.4) is 0 Å². The van der Waals surface area contributed by atoms with Crippen molar-refractivity contribution in [3.63, 3.8) is 0 Å². The van der Waals surface area contributed by atoms with Gasteiger partial charge in [0.1, 0.15) is 0 Å². The number of rotatable bonds is 2. The lowest BCUT2D eigenvalue weighted by Crippen LogP contribution is -2.30. The van der Waals surface area contributed by atoms with Gasteiger partial charge in [0.25, 0.3) is 0 Å².